The Morgan fingerprint density at radius 2 is 2.00 bits per heavy atom. The molecule has 3 nitrogen and oxygen atoms in total. The summed E-state index contributed by atoms with van der Waals surface area (Å²) in [5, 5.41) is 3.06. The molecule has 0 aromatic heterocycles. The molecule has 0 bridgehead atoms. The third kappa shape index (κ3) is 4.47. The highest BCUT2D eigenvalue weighted by molar-refractivity contribution is 5.85. The average Bonchev–Trinajstić information content (AvgIpc) is 2.98. The number of carbonyl (C=O) groups is 1. The van der Waals surface area contributed by atoms with Crippen LogP contribution in [0.25, 0.3) is 0 Å². The largest absolute Gasteiger partial charge is 0.356 e. The Hall–Kier alpha value is -0.280. The van der Waals surface area contributed by atoms with Crippen LogP contribution in [0.3, 0.4) is 0 Å². The SMILES string of the molecule is CC1(CNC(=O)CC2CCCCC2N)CC1.Cl. The van der Waals surface area contributed by atoms with Crippen LogP contribution in [0, 0.1) is 11.3 Å². The Balaban J connectivity index is 0.00000144. The first-order valence-electron chi connectivity index (χ1n) is 6.61. The average molecular weight is 261 g/mol. The van der Waals surface area contributed by atoms with Crippen molar-refractivity contribution in [3.63, 3.8) is 0 Å². The van der Waals surface area contributed by atoms with E-state index in [0.717, 1.165) is 19.4 Å². The summed E-state index contributed by atoms with van der Waals surface area (Å²) in [5.74, 6) is 0.622. The van der Waals surface area contributed by atoms with Gasteiger partial charge in [0.1, 0.15) is 0 Å². The molecular formula is C13H25ClN2O. The lowest BCUT2D eigenvalue weighted by Crippen LogP contribution is -2.38. The number of halogens is 1. The molecule has 4 heteroatoms. The van der Waals surface area contributed by atoms with Crippen LogP contribution in [0.1, 0.15) is 51.9 Å². The second kappa shape index (κ2) is 6.05. The Morgan fingerprint density at radius 3 is 2.59 bits per heavy atom. The quantitative estimate of drug-likeness (QED) is 0.815. The minimum absolute atomic E-state index is 0. The normalized spacial score (nSPS) is 30.2. The summed E-state index contributed by atoms with van der Waals surface area (Å²) in [6, 6.07) is 0.246. The molecule has 1 amide bonds. The van der Waals surface area contributed by atoms with Gasteiger partial charge in [-0.1, -0.05) is 19.8 Å². The topological polar surface area (TPSA) is 55.1 Å². The van der Waals surface area contributed by atoms with Crippen LogP contribution >= 0.6 is 12.4 Å². The van der Waals surface area contributed by atoms with Crippen molar-refractivity contribution >= 4 is 18.3 Å². The Labute approximate surface area is 110 Å². The minimum atomic E-state index is 0. The van der Waals surface area contributed by atoms with Crippen LogP contribution in [0.15, 0.2) is 0 Å². The van der Waals surface area contributed by atoms with Gasteiger partial charge in [-0.15, -0.1) is 12.4 Å². The van der Waals surface area contributed by atoms with Gasteiger partial charge < -0.3 is 11.1 Å². The molecule has 2 fully saturated rings. The fourth-order valence-electron chi connectivity index (χ4n) is 2.50. The van der Waals surface area contributed by atoms with Crippen LogP contribution in [-0.2, 0) is 4.79 Å². The molecule has 0 aliphatic heterocycles. The van der Waals surface area contributed by atoms with Crippen LogP contribution in [-0.4, -0.2) is 18.5 Å². The second-order valence-corrected chi connectivity index (χ2v) is 6.00. The zero-order valence-corrected chi connectivity index (χ0v) is 11.5. The lowest BCUT2D eigenvalue weighted by molar-refractivity contribution is -0.122. The minimum Gasteiger partial charge on any atom is -0.356 e. The van der Waals surface area contributed by atoms with Crippen molar-refractivity contribution in [2.75, 3.05) is 6.54 Å². The van der Waals surface area contributed by atoms with Gasteiger partial charge in [0.15, 0.2) is 0 Å². The van der Waals surface area contributed by atoms with Gasteiger partial charge in [0.2, 0.25) is 5.91 Å². The van der Waals surface area contributed by atoms with Gasteiger partial charge in [-0.05, 0) is 37.0 Å². The molecule has 0 saturated heterocycles. The fraction of sp³-hybridized carbons (Fsp3) is 0.923. The maximum atomic E-state index is 11.8. The molecule has 2 atom stereocenters. The molecule has 0 aromatic rings. The van der Waals surface area contributed by atoms with Gasteiger partial charge in [-0.2, -0.15) is 0 Å². The molecule has 100 valence electrons. The first kappa shape index (κ1) is 14.8. The van der Waals surface area contributed by atoms with E-state index in [1.54, 1.807) is 0 Å². The van der Waals surface area contributed by atoms with Crippen molar-refractivity contribution < 1.29 is 4.79 Å². The van der Waals surface area contributed by atoms with Crippen molar-refractivity contribution in [3.8, 4) is 0 Å². The zero-order valence-electron chi connectivity index (χ0n) is 10.7. The monoisotopic (exact) mass is 260 g/mol. The van der Waals surface area contributed by atoms with Gasteiger partial charge in [0.05, 0.1) is 0 Å². The number of nitrogens with two attached hydrogens (primary N) is 1. The molecule has 3 N–H and O–H groups in total. The van der Waals surface area contributed by atoms with E-state index in [0.29, 0.717) is 17.8 Å². The Bertz CT molecular complexity index is 266. The maximum Gasteiger partial charge on any atom is 0.220 e. The highest BCUT2D eigenvalue weighted by Gasteiger charge is 2.37. The van der Waals surface area contributed by atoms with Gasteiger partial charge in [-0.3, -0.25) is 4.79 Å². The fourth-order valence-corrected chi connectivity index (χ4v) is 2.50. The number of hydrogen-bond donors (Lipinski definition) is 2. The van der Waals surface area contributed by atoms with E-state index in [-0.39, 0.29) is 24.4 Å². The summed E-state index contributed by atoms with van der Waals surface area (Å²) in [7, 11) is 0. The van der Waals surface area contributed by atoms with Crippen LogP contribution in [0.4, 0.5) is 0 Å². The summed E-state index contributed by atoms with van der Waals surface area (Å²) < 4.78 is 0. The molecule has 2 unspecified atom stereocenters. The molecule has 0 aromatic carbocycles. The summed E-state index contributed by atoms with van der Waals surface area (Å²) in [5.41, 5.74) is 6.45. The van der Waals surface area contributed by atoms with E-state index in [1.165, 1.54) is 25.7 Å². The molecule has 2 aliphatic rings. The molecule has 17 heavy (non-hydrogen) atoms. The van der Waals surface area contributed by atoms with Crippen LogP contribution in [0.5, 0.6) is 0 Å². The number of amides is 1. The molecule has 0 heterocycles. The Morgan fingerprint density at radius 1 is 1.35 bits per heavy atom. The van der Waals surface area contributed by atoms with E-state index in [1.807, 2.05) is 0 Å². The summed E-state index contributed by atoms with van der Waals surface area (Å²) >= 11 is 0. The maximum absolute atomic E-state index is 11.8. The first-order valence-corrected chi connectivity index (χ1v) is 6.61. The smallest absolute Gasteiger partial charge is 0.220 e. The summed E-state index contributed by atoms with van der Waals surface area (Å²) in [6.07, 6.45) is 7.85. The third-order valence-electron chi connectivity index (χ3n) is 4.23. The molecule has 0 spiro atoms. The predicted octanol–water partition coefficient (Wildman–Crippen LogP) is 2.23. The number of rotatable bonds is 4. The molecule has 2 saturated carbocycles. The van der Waals surface area contributed by atoms with Crippen molar-refractivity contribution in [3.05, 3.63) is 0 Å². The van der Waals surface area contributed by atoms with E-state index >= 15 is 0 Å². The molecule has 0 radical (unpaired) electrons. The Kier molecular flexibility index (Phi) is 5.26. The van der Waals surface area contributed by atoms with E-state index in [4.69, 9.17) is 5.73 Å². The van der Waals surface area contributed by atoms with Gasteiger partial charge in [0, 0.05) is 19.0 Å². The summed E-state index contributed by atoms with van der Waals surface area (Å²) in [6.45, 7) is 3.09. The number of carbonyl (C=O) groups excluding carboxylic acids is 1. The van der Waals surface area contributed by atoms with Gasteiger partial charge in [-0.25, -0.2) is 0 Å². The predicted molar refractivity (Wildman–Crippen MR) is 72.1 cm³/mol. The van der Waals surface area contributed by atoms with Crippen molar-refractivity contribution in [2.24, 2.45) is 17.1 Å². The van der Waals surface area contributed by atoms with Crippen molar-refractivity contribution in [2.45, 2.75) is 57.9 Å². The molecule has 2 aliphatic carbocycles. The van der Waals surface area contributed by atoms with Gasteiger partial charge in [0.25, 0.3) is 0 Å². The number of hydrogen-bond acceptors (Lipinski definition) is 2. The second-order valence-electron chi connectivity index (χ2n) is 6.00. The van der Waals surface area contributed by atoms with E-state index < -0.39 is 0 Å². The molecular weight excluding hydrogens is 236 g/mol. The number of nitrogens with one attached hydrogen (secondary N) is 1. The highest BCUT2D eigenvalue weighted by atomic mass is 35.5. The highest BCUT2D eigenvalue weighted by Crippen LogP contribution is 2.44. The van der Waals surface area contributed by atoms with Crippen molar-refractivity contribution in [1.82, 2.24) is 5.32 Å². The summed E-state index contributed by atoms with van der Waals surface area (Å²) in [4.78, 5) is 11.8. The van der Waals surface area contributed by atoms with Gasteiger partial charge >= 0.3 is 0 Å². The lowest BCUT2D eigenvalue weighted by Gasteiger charge is -2.28. The third-order valence-corrected chi connectivity index (χ3v) is 4.23. The zero-order chi connectivity index (χ0) is 11.6. The lowest BCUT2D eigenvalue weighted by atomic mass is 9.83. The van der Waals surface area contributed by atoms with E-state index in [2.05, 4.69) is 12.2 Å². The first-order chi connectivity index (χ1) is 7.59. The standard InChI is InChI=1S/C13H24N2O.ClH/c1-13(6-7-13)9-15-12(16)8-10-4-2-3-5-11(10)14;/h10-11H,2-9,14H2,1H3,(H,15,16);1H. The van der Waals surface area contributed by atoms with E-state index in [9.17, 15) is 4.79 Å². The van der Waals surface area contributed by atoms with Crippen LogP contribution in [0.2, 0.25) is 0 Å². The van der Waals surface area contributed by atoms with Crippen molar-refractivity contribution in [1.29, 1.82) is 0 Å². The molecule has 2 rings (SSSR count). The van der Waals surface area contributed by atoms with Crippen LogP contribution < -0.4 is 11.1 Å².